The number of allylic oxidation sites excluding steroid dienone is 2. The van der Waals surface area contributed by atoms with Gasteiger partial charge in [0.25, 0.3) is 0 Å². The van der Waals surface area contributed by atoms with Crippen LogP contribution in [0.15, 0.2) is 24.3 Å². The second kappa shape index (κ2) is 6.21. The normalized spacial score (nSPS) is 14.8. The first kappa shape index (κ1) is 12.6. The van der Waals surface area contributed by atoms with E-state index in [1.54, 1.807) is 12.1 Å². The standard InChI is InChI=1S/C12H14O2.C2H6/c13-10-6-7-11(12(14)8-10)9-4-2-1-3-5-9;1-2/h4,6-8,13-14H,1-3,5H2;1-2H3. The van der Waals surface area contributed by atoms with Gasteiger partial charge in [0.05, 0.1) is 0 Å². The van der Waals surface area contributed by atoms with Crippen molar-refractivity contribution in [3.63, 3.8) is 0 Å². The highest BCUT2D eigenvalue weighted by Gasteiger charge is 2.10. The molecule has 0 fully saturated rings. The Labute approximate surface area is 97.2 Å². The summed E-state index contributed by atoms with van der Waals surface area (Å²) >= 11 is 0. The van der Waals surface area contributed by atoms with Gasteiger partial charge in [-0.2, -0.15) is 0 Å². The van der Waals surface area contributed by atoms with Crippen LogP contribution in [-0.4, -0.2) is 10.2 Å². The van der Waals surface area contributed by atoms with Gasteiger partial charge >= 0.3 is 0 Å². The van der Waals surface area contributed by atoms with Gasteiger partial charge in [-0.1, -0.05) is 19.9 Å². The fourth-order valence-corrected chi connectivity index (χ4v) is 1.87. The van der Waals surface area contributed by atoms with Crippen molar-refractivity contribution in [1.29, 1.82) is 0 Å². The summed E-state index contributed by atoms with van der Waals surface area (Å²) in [6, 6.07) is 4.79. The molecule has 0 amide bonds. The van der Waals surface area contributed by atoms with Crippen molar-refractivity contribution in [2.45, 2.75) is 39.5 Å². The van der Waals surface area contributed by atoms with E-state index in [1.165, 1.54) is 24.5 Å². The lowest BCUT2D eigenvalue weighted by Gasteiger charge is -2.14. The molecule has 88 valence electrons. The predicted molar refractivity (Wildman–Crippen MR) is 67.6 cm³/mol. The van der Waals surface area contributed by atoms with Crippen molar-refractivity contribution in [2.75, 3.05) is 0 Å². The first-order chi connectivity index (χ1) is 7.77. The molecule has 1 aliphatic carbocycles. The molecule has 0 spiro atoms. The number of hydrogen-bond acceptors (Lipinski definition) is 2. The number of hydrogen-bond donors (Lipinski definition) is 2. The van der Waals surface area contributed by atoms with Crippen molar-refractivity contribution in [1.82, 2.24) is 0 Å². The molecule has 0 bridgehead atoms. The molecule has 0 heterocycles. The molecule has 16 heavy (non-hydrogen) atoms. The SMILES string of the molecule is CC.Oc1ccc(C2=CCCCC2)c(O)c1. The Morgan fingerprint density at radius 2 is 1.81 bits per heavy atom. The van der Waals surface area contributed by atoms with Crippen LogP contribution in [0.1, 0.15) is 45.1 Å². The molecule has 1 aliphatic rings. The summed E-state index contributed by atoms with van der Waals surface area (Å²) in [4.78, 5) is 0. The van der Waals surface area contributed by atoms with E-state index in [0.717, 1.165) is 18.4 Å². The van der Waals surface area contributed by atoms with E-state index in [-0.39, 0.29) is 11.5 Å². The number of phenolic OH excluding ortho intramolecular Hbond substituents is 2. The molecule has 0 aromatic heterocycles. The quantitative estimate of drug-likeness (QED) is 0.748. The molecule has 2 nitrogen and oxygen atoms in total. The van der Waals surface area contributed by atoms with Gasteiger partial charge in [-0.25, -0.2) is 0 Å². The van der Waals surface area contributed by atoms with Crippen molar-refractivity contribution in [2.24, 2.45) is 0 Å². The first-order valence-electron chi connectivity index (χ1n) is 5.99. The molecule has 0 unspecified atom stereocenters. The van der Waals surface area contributed by atoms with Gasteiger partial charge in [-0.3, -0.25) is 0 Å². The fraction of sp³-hybridized carbons (Fsp3) is 0.429. The van der Waals surface area contributed by atoms with Crippen LogP contribution in [0.4, 0.5) is 0 Å². The number of aromatic hydroxyl groups is 2. The van der Waals surface area contributed by atoms with E-state index >= 15 is 0 Å². The summed E-state index contributed by atoms with van der Waals surface area (Å²) < 4.78 is 0. The van der Waals surface area contributed by atoms with Crippen molar-refractivity contribution >= 4 is 5.57 Å². The summed E-state index contributed by atoms with van der Waals surface area (Å²) in [6.45, 7) is 4.00. The molecule has 0 radical (unpaired) electrons. The topological polar surface area (TPSA) is 40.5 Å². The van der Waals surface area contributed by atoms with Crippen LogP contribution in [0.25, 0.3) is 5.57 Å². The number of rotatable bonds is 1. The van der Waals surface area contributed by atoms with E-state index in [9.17, 15) is 5.11 Å². The molecule has 0 aliphatic heterocycles. The number of phenols is 2. The summed E-state index contributed by atoms with van der Waals surface area (Å²) in [5.74, 6) is 0.292. The molecular formula is C14H20O2. The van der Waals surface area contributed by atoms with E-state index < -0.39 is 0 Å². The van der Waals surface area contributed by atoms with Gasteiger partial charge in [-0.05, 0) is 43.4 Å². The van der Waals surface area contributed by atoms with Crippen molar-refractivity contribution in [3.8, 4) is 11.5 Å². The molecule has 2 N–H and O–H groups in total. The molecular weight excluding hydrogens is 200 g/mol. The van der Waals surface area contributed by atoms with Crippen LogP contribution < -0.4 is 0 Å². The summed E-state index contributed by atoms with van der Waals surface area (Å²) in [5.41, 5.74) is 2.07. The number of benzene rings is 1. The zero-order chi connectivity index (χ0) is 12.0. The predicted octanol–water partition coefficient (Wildman–Crippen LogP) is 4.08. The van der Waals surface area contributed by atoms with Crippen molar-refractivity contribution in [3.05, 3.63) is 29.8 Å². The molecule has 2 rings (SSSR count). The lowest BCUT2D eigenvalue weighted by atomic mass is 9.93. The third-order valence-corrected chi connectivity index (χ3v) is 2.62. The summed E-state index contributed by atoms with van der Waals surface area (Å²) in [6.07, 6.45) is 6.72. The second-order valence-electron chi connectivity index (χ2n) is 3.68. The van der Waals surface area contributed by atoms with Gasteiger partial charge in [0.15, 0.2) is 0 Å². The Kier molecular flexibility index (Phi) is 4.90. The van der Waals surface area contributed by atoms with Crippen LogP contribution in [-0.2, 0) is 0 Å². The molecule has 1 aromatic rings. The van der Waals surface area contributed by atoms with Gasteiger partial charge < -0.3 is 10.2 Å². The van der Waals surface area contributed by atoms with E-state index in [1.807, 2.05) is 13.8 Å². The molecule has 2 heteroatoms. The highest BCUT2D eigenvalue weighted by atomic mass is 16.3. The minimum Gasteiger partial charge on any atom is -0.508 e. The maximum Gasteiger partial charge on any atom is 0.126 e. The Hall–Kier alpha value is -1.44. The van der Waals surface area contributed by atoms with E-state index in [0.29, 0.717) is 0 Å². The van der Waals surface area contributed by atoms with Gasteiger partial charge in [0, 0.05) is 11.6 Å². The van der Waals surface area contributed by atoms with E-state index in [4.69, 9.17) is 5.11 Å². The minimum absolute atomic E-state index is 0.114. The van der Waals surface area contributed by atoms with Crippen molar-refractivity contribution < 1.29 is 10.2 Å². The van der Waals surface area contributed by atoms with E-state index in [2.05, 4.69) is 6.08 Å². The zero-order valence-electron chi connectivity index (χ0n) is 10.0. The second-order valence-corrected chi connectivity index (χ2v) is 3.68. The summed E-state index contributed by atoms with van der Waals surface area (Å²) in [7, 11) is 0. The minimum atomic E-state index is 0.114. The highest BCUT2D eigenvalue weighted by Crippen LogP contribution is 2.33. The highest BCUT2D eigenvalue weighted by molar-refractivity contribution is 5.71. The van der Waals surface area contributed by atoms with Crippen LogP contribution in [0.2, 0.25) is 0 Å². The first-order valence-corrected chi connectivity index (χ1v) is 5.99. The smallest absolute Gasteiger partial charge is 0.126 e. The average Bonchev–Trinajstić information content (AvgIpc) is 2.33. The Morgan fingerprint density at radius 3 is 2.38 bits per heavy atom. The monoisotopic (exact) mass is 220 g/mol. The Balaban J connectivity index is 0.000000606. The molecule has 0 atom stereocenters. The molecule has 0 saturated carbocycles. The largest absolute Gasteiger partial charge is 0.508 e. The Bertz CT molecular complexity index is 367. The summed E-state index contributed by atoms with van der Waals surface area (Å²) in [5, 5.41) is 18.8. The maximum atomic E-state index is 9.64. The van der Waals surface area contributed by atoms with Gasteiger partial charge in [0.1, 0.15) is 11.5 Å². The van der Waals surface area contributed by atoms with Crippen LogP contribution >= 0.6 is 0 Å². The fourth-order valence-electron chi connectivity index (χ4n) is 1.87. The lowest BCUT2D eigenvalue weighted by Crippen LogP contribution is -1.91. The molecule has 1 aromatic carbocycles. The molecule has 0 saturated heterocycles. The maximum absolute atomic E-state index is 9.64. The average molecular weight is 220 g/mol. The van der Waals surface area contributed by atoms with Gasteiger partial charge in [-0.15, -0.1) is 0 Å². The third kappa shape index (κ3) is 3.02. The zero-order valence-corrected chi connectivity index (χ0v) is 10.0. The van der Waals surface area contributed by atoms with Crippen LogP contribution in [0, 0.1) is 0 Å². The van der Waals surface area contributed by atoms with Gasteiger partial charge in [0.2, 0.25) is 0 Å². The Morgan fingerprint density at radius 1 is 1.06 bits per heavy atom. The third-order valence-electron chi connectivity index (χ3n) is 2.62. The lowest BCUT2D eigenvalue weighted by molar-refractivity contribution is 0.449. The van der Waals surface area contributed by atoms with Crippen LogP contribution in [0.3, 0.4) is 0 Å². The van der Waals surface area contributed by atoms with Crippen LogP contribution in [0.5, 0.6) is 11.5 Å².